The van der Waals surface area contributed by atoms with E-state index in [0.717, 1.165) is 0 Å². The SMILES string of the molecule is Cl.O=C(O)c1ccc2ccc3ccc(C(=O)O)nc3c2n1. The maximum absolute atomic E-state index is 11.0. The first-order valence-electron chi connectivity index (χ1n) is 5.73. The summed E-state index contributed by atoms with van der Waals surface area (Å²) >= 11 is 0. The number of halogens is 1. The highest BCUT2D eigenvalue weighted by Gasteiger charge is 2.11. The highest BCUT2D eigenvalue weighted by molar-refractivity contribution is 6.05. The molecule has 0 aliphatic rings. The average molecular weight is 305 g/mol. The molecule has 21 heavy (non-hydrogen) atoms. The van der Waals surface area contributed by atoms with Crippen molar-refractivity contribution in [1.29, 1.82) is 0 Å². The summed E-state index contributed by atoms with van der Waals surface area (Å²) < 4.78 is 0. The molecule has 0 fully saturated rings. The van der Waals surface area contributed by atoms with Crippen LogP contribution < -0.4 is 0 Å². The van der Waals surface area contributed by atoms with Crippen LogP contribution in [0.15, 0.2) is 36.4 Å². The zero-order valence-electron chi connectivity index (χ0n) is 10.5. The lowest BCUT2D eigenvalue weighted by Gasteiger charge is -2.04. The number of aromatic carboxylic acids is 2. The summed E-state index contributed by atoms with van der Waals surface area (Å²) in [7, 11) is 0. The molecule has 0 bridgehead atoms. The smallest absolute Gasteiger partial charge is 0.354 e. The predicted octanol–water partition coefficient (Wildman–Crippen LogP) is 2.60. The van der Waals surface area contributed by atoms with Crippen LogP contribution >= 0.6 is 12.4 Å². The summed E-state index contributed by atoms with van der Waals surface area (Å²) in [6, 6.07) is 9.63. The number of carbonyl (C=O) groups is 2. The Bertz CT molecular complexity index is 807. The van der Waals surface area contributed by atoms with Crippen LogP contribution in [0.1, 0.15) is 21.0 Å². The Morgan fingerprint density at radius 3 is 1.38 bits per heavy atom. The predicted molar refractivity (Wildman–Crippen MR) is 78.2 cm³/mol. The van der Waals surface area contributed by atoms with Gasteiger partial charge < -0.3 is 10.2 Å². The van der Waals surface area contributed by atoms with Crippen molar-refractivity contribution in [3.8, 4) is 0 Å². The van der Waals surface area contributed by atoms with Crippen LogP contribution in [0.2, 0.25) is 0 Å². The van der Waals surface area contributed by atoms with Crippen molar-refractivity contribution < 1.29 is 19.8 Å². The highest BCUT2D eigenvalue weighted by atomic mass is 35.5. The van der Waals surface area contributed by atoms with E-state index < -0.39 is 11.9 Å². The lowest BCUT2D eigenvalue weighted by Crippen LogP contribution is -2.02. The number of hydrogen-bond donors (Lipinski definition) is 2. The van der Waals surface area contributed by atoms with Crippen LogP contribution in [0.25, 0.3) is 21.8 Å². The minimum atomic E-state index is -1.14. The van der Waals surface area contributed by atoms with E-state index in [2.05, 4.69) is 9.97 Å². The Morgan fingerprint density at radius 2 is 1.05 bits per heavy atom. The molecule has 0 aliphatic heterocycles. The molecule has 3 rings (SSSR count). The third-order valence-corrected chi connectivity index (χ3v) is 2.96. The van der Waals surface area contributed by atoms with Crippen molar-refractivity contribution >= 4 is 46.2 Å². The monoisotopic (exact) mass is 304 g/mol. The van der Waals surface area contributed by atoms with E-state index in [0.29, 0.717) is 21.8 Å². The molecule has 0 spiro atoms. The van der Waals surface area contributed by atoms with Gasteiger partial charge in [0.2, 0.25) is 0 Å². The topological polar surface area (TPSA) is 100 Å². The van der Waals surface area contributed by atoms with Crippen LogP contribution in [0.3, 0.4) is 0 Å². The fourth-order valence-corrected chi connectivity index (χ4v) is 2.01. The standard InChI is InChI=1S/C14H8N2O4.ClH/c17-13(18)9-5-3-7-1-2-8-4-6-10(14(19)20)16-12(8)11(7)15-9;/h1-6H,(H,17,18)(H,19,20);1H. The largest absolute Gasteiger partial charge is 0.477 e. The van der Waals surface area contributed by atoms with Crippen LogP contribution in [-0.2, 0) is 0 Å². The second-order valence-corrected chi connectivity index (χ2v) is 4.21. The summed E-state index contributed by atoms with van der Waals surface area (Å²) in [6.07, 6.45) is 0. The van der Waals surface area contributed by atoms with Gasteiger partial charge in [0.05, 0.1) is 11.0 Å². The molecular formula is C14H9ClN2O4. The number of pyridine rings is 2. The van der Waals surface area contributed by atoms with Gasteiger partial charge in [0.25, 0.3) is 0 Å². The Kier molecular flexibility index (Phi) is 3.73. The maximum Gasteiger partial charge on any atom is 0.354 e. The molecule has 0 unspecified atom stereocenters. The molecule has 0 radical (unpaired) electrons. The van der Waals surface area contributed by atoms with Crippen molar-refractivity contribution in [2.45, 2.75) is 0 Å². The van der Waals surface area contributed by atoms with E-state index in [1.54, 1.807) is 24.3 Å². The van der Waals surface area contributed by atoms with Gasteiger partial charge in [-0.2, -0.15) is 0 Å². The Hall–Kier alpha value is -2.73. The van der Waals surface area contributed by atoms with Gasteiger partial charge in [0.1, 0.15) is 11.4 Å². The van der Waals surface area contributed by atoms with E-state index in [9.17, 15) is 9.59 Å². The third kappa shape index (κ3) is 2.48. The summed E-state index contributed by atoms with van der Waals surface area (Å²) in [4.78, 5) is 30.1. The first kappa shape index (κ1) is 14.7. The van der Waals surface area contributed by atoms with Gasteiger partial charge in [-0.25, -0.2) is 19.6 Å². The normalized spacial score (nSPS) is 10.3. The fraction of sp³-hybridized carbons (Fsp3) is 0. The molecule has 1 aromatic carbocycles. The van der Waals surface area contributed by atoms with Crippen LogP contribution in [0, 0.1) is 0 Å². The number of carboxylic acids is 2. The van der Waals surface area contributed by atoms with E-state index in [4.69, 9.17) is 10.2 Å². The van der Waals surface area contributed by atoms with Crippen LogP contribution in [0.4, 0.5) is 0 Å². The molecule has 7 heteroatoms. The quantitative estimate of drug-likeness (QED) is 0.706. The van der Waals surface area contributed by atoms with Crippen LogP contribution in [0.5, 0.6) is 0 Å². The summed E-state index contributed by atoms with van der Waals surface area (Å²) in [5.41, 5.74) is 0.552. The van der Waals surface area contributed by atoms with Gasteiger partial charge in [-0.15, -0.1) is 12.4 Å². The maximum atomic E-state index is 11.0. The number of carboxylic acid groups (broad SMARTS) is 2. The molecule has 2 N–H and O–H groups in total. The highest BCUT2D eigenvalue weighted by Crippen LogP contribution is 2.23. The lowest BCUT2D eigenvalue weighted by molar-refractivity contribution is 0.0680. The van der Waals surface area contributed by atoms with E-state index in [1.807, 2.05) is 0 Å². The molecule has 0 saturated heterocycles. The first-order chi connectivity index (χ1) is 9.56. The third-order valence-electron chi connectivity index (χ3n) is 2.96. The Balaban J connectivity index is 0.00000161. The van der Waals surface area contributed by atoms with Crippen molar-refractivity contribution in [2.24, 2.45) is 0 Å². The number of hydrogen-bond acceptors (Lipinski definition) is 4. The fourth-order valence-electron chi connectivity index (χ4n) is 2.01. The molecule has 2 aromatic heterocycles. The second-order valence-electron chi connectivity index (χ2n) is 4.21. The van der Waals surface area contributed by atoms with E-state index in [-0.39, 0.29) is 23.8 Å². The number of rotatable bonds is 2. The Morgan fingerprint density at radius 1 is 0.714 bits per heavy atom. The zero-order valence-corrected chi connectivity index (χ0v) is 11.3. The van der Waals surface area contributed by atoms with Crippen molar-refractivity contribution in [3.63, 3.8) is 0 Å². The summed E-state index contributed by atoms with van der Waals surface area (Å²) in [6.45, 7) is 0. The minimum absolute atomic E-state index is 0. The van der Waals surface area contributed by atoms with Crippen molar-refractivity contribution in [2.75, 3.05) is 0 Å². The van der Waals surface area contributed by atoms with E-state index >= 15 is 0 Å². The van der Waals surface area contributed by atoms with Gasteiger partial charge in [-0.05, 0) is 12.1 Å². The second kappa shape index (κ2) is 5.34. The number of aromatic nitrogens is 2. The lowest BCUT2D eigenvalue weighted by atomic mass is 10.1. The minimum Gasteiger partial charge on any atom is -0.477 e. The Labute approximate surface area is 124 Å². The van der Waals surface area contributed by atoms with Crippen molar-refractivity contribution in [3.05, 3.63) is 47.8 Å². The van der Waals surface area contributed by atoms with E-state index in [1.165, 1.54) is 12.1 Å². The van der Waals surface area contributed by atoms with Gasteiger partial charge >= 0.3 is 11.9 Å². The average Bonchev–Trinajstić information content (AvgIpc) is 2.45. The number of nitrogens with zero attached hydrogens (tertiary/aromatic N) is 2. The molecule has 106 valence electrons. The molecule has 0 saturated carbocycles. The molecule has 2 heterocycles. The van der Waals surface area contributed by atoms with Gasteiger partial charge in [0.15, 0.2) is 0 Å². The molecular weight excluding hydrogens is 296 g/mol. The first-order valence-corrected chi connectivity index (χ1v) is 5.73. The number of fused-ring (bicyclic) bond motifs is 3. The molecule has 6 nitrogen and oxygen atoms in total. The molecule has 3 aromatic rings. The zero-order chi connectivity index (χ0) is 14.3. The summed E-state index contributed by atoms with van der Waals surface area (Å²) in [5.74, 6) is -2.28. The van der Waals surface area contributed by atoms with Crippen molar-refractivity contribution in [1.82, 2.24) is 9.97 Å². The van der Waals surface area contributed by atoms with Gasteiger partial charge in [-0.3, -0.25) is 0 Å². The van der Waals surface area contributed by atoms with Crippen LogP contribution in [-0.4, -0.2) is 32.1 Å². The number of benzene rings is 1. The van der Waals surface area contributed by atoms with Gasteiger partial charge in [-0.1, -0.05) is 24.3 Å². The molecule has 0 amide bonds. The summed E-state index contributed by atoms with van der Waals surface area (Å²) in [5, 5.41) is 19.4. The molecule has 0 atom stereocenters. The van der Waals surface area contributed by atoms with Gasteiger partial charge in [0, 0.05) is 10.8 Å². The molecule has 0 aliphatic carbocycles.